The summed E-state index contributed by atoms with van der Waals surface area (Å²) in [5.74, 6) is 1.11. The highest BCUT2D eigenvalue weighted by Gasteiger charge is 2.39. The number of anilines is 1. The fourth-order valence-electron chi connectivity index (χ4n) is 4.63. The Kier molecular flexibility index (Phi) is 4.25. The van der Waals surface area contributed by atoms with Gasteiger partial charge >= 0.3 is 6.18 Å². The molecule has 1 unspecified atom stereocenters. The van der Waals surface area contributed by atoms with Gasteiger partial charge in [-0.15, -0.1) is 10.2 Å². The number of aromatic nitrogens is 4. The van der Waals surface area contributed by atoms with Gasteiger partial charge in [-0.2, -0.15) is 13.2 Å². The van der Waals surface area contributed by atoms with E-state index in [-0.39, 0.29) is 17.3 Å². The molecule has 1 fully saturated rings. The molecule has 162 valence electrons. The average molecular weight is 435 g/mol. The fourth-order valence-corrected chi connectivity index (χ4v) is 4.63. The van der Waals surface area contributed by atoms with Crippen molar-refractivity contribution in [2.24, 2.45) is 5.92 Å². The number of fused-ring (bicyclic) bond motifs is 2. The molecule has 0 bridgehead atoms. The van der Waals surface area contributed by atoms with Crippen LogP contribution >= 0.6 is 0 Å². The summed E-state index contributed by atoms with van der Waals surface area (Å²) in [5, 5.41) is 8.04. The zero-order chi connectivity index (χ0) is 21.9. The van der Waals surface area contributed by atoms with Crippen molar-refractivity contribution in [2.45, 2.75) is 37.9 Å². The Hall–Kier alpha value is -3.42. The van der Waals surface area contributed by atoms with Crippen LogP contribution in [0.3, 0.4) is 0 Å². The molecule has 0 radical (unpaired) electrons. The van der Waals surface area contributed by atoms with E-state index in [0.717, 1.165) is 24.1 Å². The van der Waals surface area contributed by atoms with Crippen LogP contribution in [0.2, 0.25) is 0 Å². The average Bonchev–Trinajstić information content (AvgIpc) is 3.36. The second kappa shape index (κ2) is 7.05. The Balaban J connectivity index is 1.39. The molecule has 6 rings (SSSR count). The van der Waals surface area contributed by atoms with E-state index in [2.05, 4.69) is 20.1 Å². The molecule has 0 N–H and O–H groups in total. The van der Waals surface area contributed by atoms with Gasteiger partial charge in [0.15, 0.2) is 5.65 Å². The molecule has 0 aromatic carbocycles. The second-order valence-electron chi connectivity index (χ2n) is 8.54. The van der Waals surface area contributed by atoms with Gasteiger partial charge in [-0.3, -0.25) is 9.38 Å². The summed E-state index contributed by atoms with van der Waals surface area (Å²) in [6.45, 7) is 0. The molecule has 3 aromatic rings. The van der Waals surface area contributed by atoms with Crippen molar-refractivity contribution < 1.29 is 13.2 Å². The Morgan fingerprint density at radius 2 is 1.88 bits per heavy atom. The molecular formula is C24H20F3N5. The molecule has 1 aliphatic heterocycles. The first-order chi connectivity index (χ1) is 15.5. The minimum Gasteiger partial charge on any atom is -0.340 e. The molecule has 0 spiro atoms. The molecule has 8 heteroatoms. The van der Waals surface area contributed by atoms with E-state index in [0.29, 0.717) is 30.2 Å². The normalized spacial score (nSPS) is 20.5. The number of rotatable bonds is 4. The summed E-state index contributed by atoms with van der Waals surface area (Å²) in [6, 6.07) is 5.47. The van der Waals surface area contributed by atoms with Crippen molar-refractivity contribution in [3.63, 3.8) is 0 Å². The number of allylic oxidation sites excluding steroid dienone is 2. The number of nitrogens with zero attached hydrogens (tertiary/aromatic N) is 5. The first-order valence-corrected chi connectivity index (χ1v) is 10.7. The molecular weight excluding hydrogens is 415 g/mol. The number of pyridine rings is 2. The van der Waals surface area contributed by atoms with Gasteiger partial charge in [0, 0.05) is 36.9 Å². The summed E-state index contributed by atoms with van der Waals surface area (Å²) in [6.07, 6.45) is 11.8. The topological polar surface area (TPSA) is 46.3 Å². The van der Waals surface area contributed by atoms with Crippen LogP contribution in [0.15, 0.2) is 66.8 Å². The summed E-state index contributed by atoms with van der Waals surface area (Å²) < 4.78 is 44.1. The van der Waals surface area contributed by atoms with Gasteiger partial charge in [0.25, 0.3) is 0 Å². The highest BCUT2D eigenvalue weighted by Crippen LogP contribution is 2.42. The van der Waals surface area contributed by atoms with E-state index in [1.54, 1.807) is 24.7 Å². The quantitative estimate of drug-likeness (QED) is 0.564. The largest absolute Gasteiger partial charge is 0.420 e. The van der Waals surface area contributed by atoms with E-state index in [9.17, 15) is 13.2 Å². The maximum absolute atomic E-state index is 14.2. The van der Waals surface area contributed by atoms with Crippen LogP contribution < -0.4 is 4.90 Å². The summed E-state index contributed by atoms with van der Waals surface area (Å²) >= 11 is 0. The predicted molar refractivity (Wildman–Crippen MR) is 115 cm³/mol. The van der Waals surface area contributed by atoms with Crippen LogP contribution in [0.4, 0.5) is 18.9 Å². The van der Waals surface area contributed by atoms with Crippen molar-refractivity contribution in [2.75, 3.05) is 4.90 Å². The van der Waals surface area contributed by atoms with Gasteiger partial charge in [-0.25, -0.2) is 0 Å². The Morgan fingerprint density at radius 3 is 2.62 bits per heavy atom. The lowest BCUT2D eigenvalue weighted by atomic mass is 9.90. The minimum atomic E-state index is -4.54. The predicted octanol–water partition coefficient (Wildman–Crippen LogP) is 5.21. The first kappa shape index (κ1) is 19.3. The van der Waals surface area contributed by atoms with E-state index < -0.39 is 11.7 Å². The van der Waals surface area contributed by atoms with Crippen LogP contribution in [-0.4, -0.2) is 25.6 Å². The zero-order valence-corrected chi connectivity index (χ0v) is 17.1. The molecule has 4 heterocycles. The van der Waals surface area contributed by atoms with Crippen LogP contribution in [0, 0.1) is 5.92 Å². The van der Waals surface area contributed by atoms with Gasteiger partial charge in [0.2, 0.25) is 0 Å². The number of hydrogen-bond donors (Lipinski definition) is 0. The van der Waals surface area contributed by atoms with E-state index in [1.807, 2.05) is 36.6 Å². The smallest absolute Gasteiger partial charge is 0.340 e. The first-order valence-electron chi connectivity index (χ1n) is 10.7. The molecule has 5 nitrogen and oxygen atoms in total. The van der Waals surface area contributed by atoms with Crippen molar-refractivity contribution >= 4 is 16.9 Å². The highest BCUT2D eigenvalue weighted by atomic mass is 19.4. The highest BCUT2D eigenvalue weighted by molar-refractivity contribution is 5.82. The Morgan fingerprint density at radius 1 is 1.06 bits per heavy atom. The number of halogens is 3. The third-order valence-corrected chi connectivity index (χ3v) is 6.40. The Bertz CT molecular complexity index is 1280. The van der Waals surface area contributed by atoms with Crippen LogP contribution in [0.5, 0.6) is 0 Å². The number of hydrogen-bond acceptors (Lipinski definition) is 4. The summed E-state index contributed by atoms with van der Waals surface area (Å²) in [5.41, 5.74) is 1.88. The van der Waals surface area contributed by atoms with Gasteiger partial charge in [0.05, 0.1) is 6.04 Å². The minimum absolute atomic E-state index is 0.0671. The molecule has 32 heavy (non-hydrogen) atoms. The zero-order valence-electron chi connectivity index (χ0n) is 17.1. The molecule has 0 saturated heterocycles. The SMILES string of the molecule is FC(F)(F)c1c(C2=CCC3C(=C2)C=CN3c2ccncc2)ccn2c(CC3CC3)nnc12. The van der Waals surface area contributed by atoms with Crippen molar-refractivity contribution in [3.05, 3.63) is 83.7 Å². The molecule has 3 aliphatic rings. The van der Waals surface area contributed by atoms with Crippen LogP contribution in [0.25, 0.3) is 11.2 Å². The molecule has 2 aliphatic carbocycles. The lowest BCUT2D eigenvalue weighted by Gasteiger charge is -2.28. The third-order valence-electron chi connectivity index (χ3n) is 6.40. The van der Waals surface area contributed by atoms with E-state index in [4.69, 9.17) is 0 Å². The lowest BCUT2D eigenvalue weighted by Crippen LogP contribution is -2.28. The second-order valence-corrected chi connectivity index (χ2v) is 8.54. The standard InChI is InChI=1S/C24H20F3N5/c25-24(26,27)22-19(8-12-32-21(13-15-1-2-15)29-30-23(22)32)16-3-4-20-17(14-16)7-11-31(20)18-5-9-28-10-6-18/h3,5-12,14-15,20H,1-2,4,13H2. The van der Waals surface area contributed by atoms with Crippen LogP contribution in [-0.2, 0) is 12.6 Å². The molecule has 1 saturated carbocycles. The fraction of sp³-hybridized carbons (Fsp3) is 0.292. The van der Waals surface area contributed by atoms with Gasteiger partial charge in [0.1, 0.15) is 11.4 Å². The molecule has 1 atom stereocenters. The monoisotopic (exact) mass is 435 g/mol. The maximum Gasteiger partial charge on any atom is 0.420 e. The van der Waals surface area contributed by atoms with Gasteiger partial charge < -0.3 is 4.90 Å². The third kappa shape index (κ3) is 3.21. The number of alkyl halides is 3. The summed E-state index contributed by atoms with van der Waals surface area (Å²) in [4.78, 5) is 6.18. The van der Waals surface area contributed by atoms with Crippen molar-refractivity contribution in [3.8, 4) is 0 Å². The van der Waals surface area contributed by atoms with Gasteiger partial charge in [-0.1, -0.05) is 6.08 Å². The Labute approximate surface area is 182 Å². The van der Waals surface area contributed by atoms with Crippen molar-refractivity contribution in [1.29, 1.82) is 0 Å². The van der Waals surface area contributed by atoms with E-state index in [1.165, 1.54) is 4.40 Å². The lowest BCUT2D eigenvalue weighted by molar-refractivity contribution is -0.136. The van der Waals surface area contributed by atoms with E-state index >= 15 is 0 Å². The maximum atomic E-state index is 14.2. The summed E-state index contributed by atoms with van der Waals surface area (Å²) in [7, 11) is 0. The van der Waals surface area contributed by atoms with Gasteiger partial charge in [-0.05, 0) is 72.2 Å². The van der Waals surface area contributed by atoms with Crippen LogP contribution in [0.1, 0.15) is 36.2 Å². The molecule has 0 amide bonds. The van der Waals surface area contributed by atoms with Crippen molar-refractivity contribution in [1.82, 2.24) is 19.6 Å². The molecule has 3 aromatic heterocycles.